The van der Waals surface area contributed by atoms with Gasteiger partial charge in [-0.1, -0.05) is 11.6 Å². The molecule has 1 aromatic carbocycles. The van der Waals surface area contributed by atoms with Gasteiger partial charge < -0.3 is 15.4 Å². The van der Waals surface area contributed by atoms with Gasteiger partial charge in [0, 0.05) is 18.7 Å². The van der Waals surface area contributed by atoms with Crippen molar-refractivity contribution in [3.63, 3.8) is 0 Å². The minimum Gasteiger partial charge on any atom is -0.494 e. The lowest BCUT2D eigenvalue weighted by molar-refractivity contribution is 0.102. The summed E-state index contributed by atoms with van der Waals surface area (Å²) >= 11 is 5.85. The van der Waals surface area contributed by atoms with Crippen molar-refractivity contribution in [1.29, 1.82) is 0 Å². The molecular formula is C14H13ClFN3O2. The number of nitrogens with zero attached hydrogens (tertiary/aromatic N) is 1. The van der Waals surface area contributed by atoms with Gasteiger partial charge in [-0.15, -0.1) is 0 Å². The normalized spacial score (nSPS) is 10.1. The monoisotopic (exact) mass is 309 g/mol. The number of benzene rings is 1. The average Bonchev–Trinajstić information content (AvgIpc) is 2.48. The van der Waals surface area contributed by atoms with Crippen molar-refractivity contribution in [3.8, 4) is 5.75 Å². The maximum absolute atomic E-state index is 13.1. The summed E-state index contributed by atoms with van der Waals surface area (Å²) in [5.41, 5.74) is 0.688. The second-order valence-corrected chi connectivity index (χ2v) is 4.50. The van der Waals surface area contributed by atoms with E-state index in [-0.39, 0.29) is 10.9 Å². The molecule has 0 atom stereocenters. The molecule has 2 rings (SSSR count). The molecule has 0 aliphatic heterocycles. The third-order valence-corrected chi connectivity index (χ3v) is 2.92. The summed E-state index contributed by atoms with van der Waals surface area (Å²) in [4.78, 5) is 16.2. The van der Waals surface area contributed by atoms with Gasteiger partial charge in [0.25, 0.3) is 5.91 Å². The molecule has 110 valence electrons. The zero-order chi connectivity index (χ0) is 15.4. The molecule has 0 radical (unpaired) electrons. The van der Waals surface area contributed by atoms with Crippen LogP contribution in [0.1, 0.15) is 10.4 Å². The molecule has 1 amide bonds. The van der Waals surface area contributed by atoms with Crippen LogP contribution in [0.5, 0.6) is 5.75 Å². The Bertz CT molecular complexity index is 679. The molecular weight excluding hydrogens is 297 g/mol. The fourth-order valence-electron chi connectivity index (χ4n) is 1.72. The van der Waals surface area contributed by atoms with E-state index < -0.39 is 11.7 Å². The second kappa shape index (κ2) is 6.41. The van der Waals surface area contributed by atoms with Gasteiger partial charge in [-0.3, -0.25) is 4.79 Å². The van der Waals surface area contributed by atoms with Crippen LogP contribution < -0.4 is 15.4 Å². The fraction of sp³-hybridized carbons (Fsp3) is 0.143. The summed E-state index contributed by atoms with van der Waals surface area (Å²) in [6.45, 7) is 0. The average molecular weight is 310 g/mol. The molecule has 0 bridgehead atoms. The van der Waals surface area contributed by atoms with Crippen molar-refractivity contribution in [3.05, 3.63) is 46.9 Å². The van der Waals surface area contributed by atoms with Gasteiger partial charge in [-0.25, -0.2) is 9.37 Å². The van der Waals surface area contributed by atoms with E-state index in [2.05, 4.69) is 15.6 Å². The topological polar surface area (TPSA) is 63.2 Å². The number of rotatable bonds is 4. The zero-order valence-corrected chi connectivity index (χ0v) is 12.2. The quantitative estimate of drug-likeness (QED) is 0.852. The van der Waals surface area contributed by atoms with Crippen LogP contribution in [0.25, 0.3) is 0 Å². The lowest BCUT2D eigenvalue weighted by Crippen LogP contribution is -2.13. The highest BCUT2D eigenvalue weighted by Crippen LogP contribution is 2.26. The first-order valence-electron chi connectivity index (χ1n) is 6.03. The number of carbonyl (C=O) groups is 1. The Kier molecular flexibility index (Phi) is 4.59. The van der Waals surface area contributed by atoms with E-state index >= 15 is 0 Å². The van der Waals surface area contributed by atoms with E-state index in [1.807, 2.05) is 0 Å². The van der Waals surface area contributed by atoms with Crippen LogP contribution in [-0.4, -0.2) is 25.0 Å². The first-order valence-corrected chi connectivity index (χ1v) is 6.41. The third-order valence-electron chi connectivity index (χ3n) is 2.72. The van der Waals surface area contributed by atoms with E-state index in [1.165, 1.54) is 31.4 Å². The summed E-state index contributed by atoms with van der Waals surface area (Å²) in [5.74, 6) is -0.147. The van der Waals surface area contributed by atoms with E-state index in [0.717, 1.165) is 0 Å². The van der Waals surface area contributed by atoms with Crippen molar-refractivity contribution in [2.75, 3.05) is 24.8 Å². The number of nitrogens with one attached hydrogen (secondary N) is 2. The third kappa shape index (κ3) is 3.61. The van der Waals surface area contributed by atoms with Crippen LogP contribution in [0.4, 0.5) is 15.9 Å². The number of amides is 1. The summed E-state index contributed by atoms with van der Waals surface area (Å²) in [6.07, 6.45) is 0. The molecule has 0 spiro atoms. The largest absolute Gasteiger partial charge is 0.494 e. The summed E-state index contributed by atoms with van der Waals surface area (Å²) in [6, 6.07) is 6.84. The summed E-state index contributed by atoms with van der Waals surface area (Å²) in [5, 5.41) is 5.64. The van der Waals surface area contributed by atoms with Gasteiger partial charge in [0.1, 0.15) is 22.5 Å². The van der Waals surface area contributed by atoms with Crippen LogP contribution >= 0.6 is 11.6 Å². The predicted octanol–water partition coefficient (Wildman–Crippen LogP) is 3.18. The maximum Gasteiger partial charge on any atom is 0.256 e. The molecule has 0 saturated heterocycles. The number of pyridine rings is 1. The van der Waals surface area contributed by atoms with Gasteiger partial charge in [0.15, 0.2) is 0 Å². The lowest BCUT2D eigenvalue weighted by Gasteiger charge is -2.11. The van der Waals surface area contributed by atoms with E-state index in [0.29, 0.717) is 17.1 Å². The van der Waals surface area contributed by atoms with Crippen LogP contribution in [0.2, 0.25) is 5.15 Å². The van der Waals surface area contributed by atoms with E-state index in [9.17, 15) is 9.18 Å². The Balaban J connectivity index is 2.28. The molecule has 2 N–H and O–H groups in total. The molecule has 0 unspecified atom stereocenters. The zero-order valence-electron chi connectivity index (χ0n) is 11.4. The number of aromatic nitrogens is 1. The molecule has 0 aliphatic carbocycles. The van der Waals surface area contributed by atoms with Crippen LogP contribution in [-0.2, 0) is 0 Å². The second-order valence-electron chi connectivity index (χ2n) is 4.11. The molecule has 0 saturated carbocycles. The summed E-state index contributed by atoms with van der Waals surface area (Å²) in [7, 11) is 3.07. The number of anilines is 2. The molecule has 0 fully saturated rings. The van der Waals surface area contributed by atoms with E-state index in [1.54, 1.807) is 13.1 Å². The molecule has 0 aliphatic rings. The first-order chi connectivity index (χ1) is 10.0. The molecule has 1 heterocycles. The number of methoxy groups -OCH3 is 1. The molecule has 7 heteroatoms. The Labute approximate surface area is 126 Å². The van der Waals surface area contributed by atoms with Gasteiger partial charge in [0.2, 0.25) is 0 Å². The molecule has 21 heavy (non-hydrogen) atoms. The van der Waals surface area contributed by atoms with E-state index in [4.69, 9.17) is 16.3 Å². The highest BCUT2D eigenvalue weighted by atomic mass is 35.5. The van der Waals surface area contributed by atoms with Crippen molar-refractivity contribution in [2.24, 2.45) is 0 Å². The highest BCUT2D eigenvalue weighted by Gasteiger charge is 2.12. The number of halogens is 2. The number of hydrogen-bond acceptors (Lipinski definition) is 4. The van der Waals surface area contributed by atoms with Crippen LogP contribution in [0.15, 0.2) is 30.3 Å². The molecule has 1 aromatic heterocycles. The van der Waals surface area contributed by atoms with Crippen molar-refractivity contribution >= 4 is 29.0 Å². The smallest absolute Gasteiger partial charge is 0.256 e. The Morgan fingerprint density at radius 1 is 1.33 bits per heavy atom. The predicted molar refractivity (Wildman–Crippen MR) is 79.7 cm³/mol. The minimum atomic E-state index is -0.450. The van der Waals surface area contributed by atoms with Crippen molar-refractivity contribution in [2.45, 2.75) is 0 Å². The Morgan fingerprint density at radius 2 is 2.10 bits per heavy atom. The first kappa shape index (κ1) is 15.1. The summed E-state index contributed by atoms with van der Waals surface area (Å²) < 4.78 is 18.1. The van der Waals surface area contributed by atoms with Crippen molar-refractivity contribution in [1.82, 2.24) is 4.98 Å². The van der Waals surface area contributed by atoms with Gasteiger partial charge in [-0.2, -0.15) is 0 Å². The van der Waals surface area contributed by atoms with Gasteiger partial charge in [-0.05, 0) is 24.3 Å². The Hall–Kier alpha value is -2.34. The van der Waals surface area contributed by atoms with Crippen molar-refractivity contribution < 1.29 is 13.9 Å². The lowest BCUT2D eigenvalue weighted by atomic mass is 10.2. The maximum atomic E-state index is 13.1. The molecule has 5 nitrogen and oxygen atoms in total. The minimum absolute atomic E-state index is 0.193. The number of carbonyl (C=O) groups excluding carboxylic acids is 1. The fourth-order valence-corrected chi connectivity index (χ4v) is 1.93. The van der Waals surface area contributed by atoms with Gasteiger partial charge in [0.05, 0.1) is 12.8 Å². The standard InChI is InChI=1S/C14H13ClFN3O2/c1-17-13-6-8(5-12(15)19-13)14(20)18-10-4-3-9(16)7-11(10)21-2/h3-7H,1-2H3,(H,17,19)(H,18,20). The Morgan fingerprint density at radius 3 is 2.76 bits per heavy atom. The van der Waals surface area contributed by atoms with Gasteiger partial charge >= 0.3 is 0 Å². The van der Waals surface area contributed by atoms with Crippen LogP contribution in [0.3, 0.4) is 0 Å². The van der Waals surface area contributed by atoms with Crippen LogP contribution in [0, 0.1) is 5.82 Å². The number of ether oxygens (including phenoxy) is 1. The SMILES string of the molecule is CNc1cc(C(=O)Nc2ccc(F)cc2OC)cc(Cl)n1. The molecule has 2 aromatic rings. The highest BCUT2D eigenvalue weighted by molar-refractivity contribution is 6.30. The number of hydrogen-bond donors (Lipinski definition) is 2.